The summed E-state index contributed by atoms with van der Waals surface area (Å²) >= 11 is 0. The van der Waals surface area contributed by atoms with Crippen LogP contribution in [0.4, 0.5) is 0 Å². The van der Waals surface area contributed by atoms with E-state index >= 15 is 0 Å². The van der Waals surface area contributed by atoms with E-state index in [0.717, 1.165) is 11.1 Å². The first-order valence-electron chi connectivity index (χ1n) is 9.86. The lowest BCUT2D eigenvalue weighted by atomic mass is 10.1. The van der Waals surface area contributed by atoms with Crippen molar-refractivity contribution in [2.45, 2.75) is 19.4 Å². The fourth-order valence-electron chi connectivity index (χ4n) is 3.10. The van der Waals surface area contributed by atoms with Gasteiger partial charge in [-0.05, 0) is 30.2 Å². The Balaban J connectivity index is 1.57. The average Bonchev–Trinajstić information content (AvgIpc) is 2.81. The highest BCUT2D eigenvalue weighted by Gasteiger charge is 2.15. The molecule has 0 saturated carbocycles. The van der Waals surface area contributed by atoms with Crippen molar-refractivity contribution in [2.24, 2.45) is 0 Å². The number of rotatable bonds is 10. The molecule has 31 heavy (non-hydrogen) atoms. The Hall–Kier alpha value is -3.74. The van der Waals surface area contributed by atoms with Gasteiger partial charge in [-0.3, -0.25) is 4.79 Å². The van der Waals surface area contributed by atoms with E-state index in [4.69, 9.17) is 18.9 Å². The summed E-state index contributed by atoms with van der Waals surface area (Å²) in [6.07, 6.45) is 2.44. The van der Waals surface area contributed by atoms with Crippen LogP contribution in [0, 0.1) is 0 Å². The zero-order chi connectivity index (χ0) is 22.1. The summed E-state index contributed by atoms with van der Waals surface area (Å²) < 4.78 is 21.9. The number of aromatic nitrogens is 1. The molecule has 0 aliphatic carbocycles. The van der Waals surface area contributed by atoms with Gasteiger partial charge in [-0.25, -0.2) is 4.98 Å². The minimum absolute atomic E-state index is 0.0732. The molecule has 3 rings (SSSR count). The zero-order valence-corrected chi connectivity index (χ0v) is 17.9. The molecule has 7 heteroatoms. The molecule has 0 radical (unpaired) electrons. The predicted molar refractivity (Wildman–Crippen MR) is 117 cm³/mol. The van der Waals surface area contributed by atoms with E-state index in [1.54, 1.807) is 45.7 Å². The molecule has 3 aromatic rings. The van der Waals surface area contributed by atoms with Crippen LogP contribution in [-0.2, 0) is 17.8 Å². The Morgan fingerprint density at radius 2 is 1.68 bits per heavy atom. The van der Waals surface area contributed by atoms with Gasteiger partial charge in [0, 0.05) is 42.9 Å². The normalized spacial score (nSPS) is 10.3. The smallest absolute Gasteiger partial charge is 0.220 e. The number of pyridine rings is 1. The largest absolute Gasteiger partial charge is 0.496 e. The number of carbonyl (C=O) groups excluding carboxylic acids is 1. The standard InChI is InChI=1S/C24H26N2O5/c1-28-19-14-21(29-2)20(22(15-19)30-3)10-11-23(27)26-16-17-7-6-8-18(13-17)31-24-9-4-5-12-25-24/h4-9,12-15H,10-11,16H2,1-3H3,(H,26,27). The quantitative estimate of drug-likeness (QED) is 0.529. The summed E-state index contributed by atoms with van der Waals surface area (Å²) in [6.45, 7) is 0.398. The highest BCUT2D eigenvalue weighted by Crippen LogP contribution is 2.34. The number of nitrogens with one attached hydrogen (secondary N) is 1. The van der Waals surface area contributed by atoms with Gasteiger partial charge >= 0.3 is 0 Å². The number of carbonyl (C=O) groups is 1. The molecule has 0 atom stereocenters. The predicted octanol–water partition coefficient (Wildman–Crippen LogP) is 4.15. The van der Waals surface area contributed by atoms with Gasteiger partial charge in [-0.1, -0.05) is 18.2 Å². The van der Waals surface area contributed by atoms with Gasteiger partial charge in [0.2, 0.25) is 11.8 Å². The van der Waals surface area contributed by atoms with Crippen LogP contribution in [0.3, 0.4) is 0 Å². The van der Waals surface area contributed by atoms with Crippen LogP contribution >= 0.6 is 0 Å². The van der Waals surface area contributed by atoms with Crippen molar-refractivity contribution in [2.75, 3.05) is 21.3 Å². The fraction of sp³-hybridized carbons (Fsp3) is 0.250. The monoisotopic (exact) mass is 422 g/mol. The topological polar surface area (TPSA) is 78.9 Å². The number of benzene rings is 2. The SMILES string of the molecule is COc1cc(OC)c(CCC(=O)NCc2cccc(Oc3ccccn3)c2)c(OC)c1. The molecule has 7 nitrogen and oxygen atoms in total. The summed E-state index contributed by atoms with van der Waals surface area (Å²) in [5, 5.41) is 2.94. The maximum Gasteiger partial charge on any atom is 0.220 e. The van der Waals surface area contributed by atoms with Crippen LogP contribution in [-0.4, -0.2) is 32.2 Å². The van der Waals surface area contributed by atoms with Crippen molar-refractivity contribution < 1.29 is 23.7 Å². The maximum absolute atomic E-state index is 12.4. The molecule has 0 spiro atoms. The van der Waals surface area contributed by atoms with Crippen LogP contribution in [0.15, 0.2) is 60.8 Å². The van der Waals surface area contributed by atoms with Crippen LogP contribution < -0.4 is 24.3 Å². The summed E-state index contributed by atoms with van der Waals surface area (Å²) in [4.78, 5) is 16.6. The third kappa shape index (κ3) is 6.12. The first-order valence-corrected chi connectivity index (χ1v) is 9.86. The van der Waals surface area contributed by atoms with E-state index in [9.17, 15) is 4.79 Å². The number of methoxy groups -OCH3 is 3. The highest BCUT2D eigenvalue weighted by molar-refractivity contribution is 5.76. The van der Waals surface area contributed by atoms with Gasteiger partial charge in [0.15, 0.2) is 0 Å². The van der Waals surface area contributed by atoms with Crippen molar-refractivity contribution in [3.63, 3.8) is 0 Å². The molecule has 0 bridgehead atoms. The molecule has 1 aromatic heterocycles. The number of amides is 1. The molecule has 0 saturated heterocycles. The molecular formula is C24H26N2O5. The molecule has 0 aliphatic heterocycles. The molecule has 1 heterocycles. The summed E-state index contributed by atoms with van der Waals surface area (Å²) in [7, 11) is 4.74. The number of hydrogen-bond acceptors (Lipinski definition) is 6. The Bertz CT molecular complexity index is 983. The van der Waals surface area contributed by atoms with Crippen molar-refractivity contribution in [3.05, 3.63) is 71.9 Å². The Morgan fingerprint density at radius 1 is 0.903 bits per heavy atom. The summed E-state index contributed by atoms with van der Waals surface area (Å²) in [5.41, 5.74) is 1.76. The second kappa shape index (κ2) is 10.9. The van der Waals surface area contributed by atoms with Gasteiger partial charge in [0.25, 0.3) is 0 Å². The number of nitrogens with zero attached hydrogens (tertiary/aromatic N) is 1. The van der Waals surface area contributed by atoms with E-state index in [-0.39, 0.29) is 5.91 Å². The minimum Gasteiger partial charge on any atom is -0.496 e. The van der Waals surface area contributed by atoms with Gasteiger partial charge in [-0.2, -0.15) is 0 Å². The van der Waals surface area contributed by atoms with E-state index in [0.29, 0.717) is 48.3 Å². The maximum atomic E-state index is 12.4. The molecule has 1 amide bonds. The van der Waals surface area contributed by atoms with Crippen LogP contribution in [0.1, 0.15) is 17.5 Å². The van der Waals surface area contributed by atoms with Crippen molar-refractivity contribution in [1.82, 2.24) is 10.3 Å². The van der Waals surface area contributed by atoms with Crippen LogP contribution in [0.5, 0.6) is 28.9 Å². The first kappa shape index (κ1) is 22.0. The van der Waals surface area contributed by atoms with Crippen LogP contribution in [0.25, 0.3) is 0 Å². The van der Waals surface area contributed by atoms with E-state index < -0.39 is 0 Å². The highest BCUT2D eigenvalue weighted by atomic mass is 16.5. The minimum atomic E-state index is -0.0732. The molecular weight excluding hydrogens is 396 g/mol. The van der Waals surface area contributed by atoms with Crippen molar-refractivity contribution in [3.8, 4) is 28.9 Å². The van der Waals surface area contributed by atoms with Gasteiger partial charge < -0.3 is 24.3 Å². The number of ether oxygens (including phenoxy) is 4. The summed E-state index contributed by atoms with van der Waals surface area (Å²) in [5.74, 6) is 3.00. The average molecular weight is 422 g/mol. The van der Waals surface area contributed by atoms with E-state index in [2.05, 4.69) is 10.3 Å². The van der Waals surface area contributed by atoms with Gasteiger partial charge in [0.1, 0.15) is 23.0 Å². The van der Waals surface area contributed by atoms with Crippen LogP contribution in [0.2, 0.25) is 0 Å². The summed E-state index contributed by atoms with van der Waals surface area (Å²) in [6, 6.07) is 16.6. The van der Waals surface area contributed by atoms with Gasteiger partial charge in [-0.15, -0.1) is 0 Å². The molecule has 0 aliphatic rings. The third-order valence-corrected chi connectivity index (χ3v) is 4.67. The molecule has 0 unspecified atom stereocenters. The Morgan fingerprint density at radius 3 is 2.32 bits per heavy atom. The molecule has 2 aromatic carbocycles. The zero-order valence-electron chi connectivity index (χ0n) is 17.9. The lowest BCUT2D eigenvalue weighted by Gasteiger charge is -2.15. The molecule has 162 valence electrons. The van der Waals surface area contributed by atoms with Crippen molar-refractivity contribution >= 4 is 5.91 Å². The second-order valence-electron chi connectivity index (χ2n) is 6.70. The molecule has 0 fully saturated rings. The lowest BCUT2D eigenvalue weighted by molar-refractivity contribution is -0.121. The lowest BCUT2D eigenvalue weighted by Crippen LogP contribution is -2.23. The van der Waals surface area contributed by atoms with Crippen molar-refractivity contribution in [1.29, 1.82) is 0 Å². The third-order valence-electron chi connectivity index (χ3n) is 4.67. The first-order chi connectivity index (χ1) is 15.1. The van der Waals surface area contributed by atoms with Gasteiger partial charge in [0.05, 0.1) is 21.3 Å². The Kier molecular flexibility index (Phi) is 7.70. The molecule has 1 N–H and O–H groups in total. The number of hydrogen-bond donors (Lipinski definition) is 1. The Labute approximate surface area is 181 Å². The second-order valence-corrected chi connectivity index (χ2v) is 6.70. The van der Waals surface area contributed by atoms with E-state index in [1.165, 1.54) is 0 Å². The van der Waals surface area contributed by atoms with E-state index in [1.807, 2.05) is 36.4 Å². The fourth-order valence-corrected chi connectivity index (χ4v) is 3.10.